The van der Waals surface area contributed by atoms with Crippen LogP contribution >= 0.6 is 36.2 Å². The van der Waals surface area contributed by atoms with Gasteiger partial charge in [0.05, 0.1) is 17.8 Å². The summed E-state index contributed by atoms with van der Waals surface area (Å²) in [4.78, 5) is 20.8. The molecule has 6 nitrogen and oxygen atoms in total. The smallest absolute Gasteiger partial charge is 0.273 e. The van der Waals surface area contributed by atoms with Crippen molar-refractivity contribution in [3.8, 4) is 5.75 Å². The molecule has 0 unspecified atom stereocenters. The van der Waals surface area contributed by atoms with Gasteiger partial charge in [0.25, 0.3) is 5.91 Å². The summed E-state index contributed by atoms with van der Waals surface area (Å²) in [5, 5.41) is 2.68. The van der Waals surface area contributed by atoms with Gasteiger partial charge in [0.15, 0.2) is 0 Å². The first-order chi connectivity index (χ1) is 12.1. The number of nitrogens with two attached hydrogens (primary N) is 1. The molecule has 3 rings (SSSR count). The molecule has 2 aromatic rings. The van der Waals surface area contributed by atoms with Gasteiger partial charge in [-0.25, -0.2) is 9.37 Å². The molecule has 2 heterocycles. The zero-order valence-corrected chi connectivity index (χ0v) is 17.3. The van der Waals surface area contributed by atoms with Crippen molar-refractivity contribution in [1.82, 2.24) is 9.88 Å². The number of halogens is 3. The predicted molar refractivity (Wildman–Crippen MR) is 110 cm³/mol. The van der Waals surface area contributed by atoms with Crippen molar-refractivity contribution >= 4 is 47.7 Å². The molecule has 0 bridgehead atoms. The number of aromatic nitrogens is 1. The third-order valence-electron chi connectivity index (χ3n) is 4.18. The molecule has 1 aromatic carbocycles. The number of amides is 1. The van der Waals surface area contributed by atoms with Crippen LogP contribution in [0.15, 0.2) is 23.6 Å². The van der Waals surface area contributed by atoms with Gasteiger partial charge < -0.3 is 20.3 Å². The van der Waals surface area contributed by atoms with E-state index in [1.54, 1.807) is 16.3 Å². The van der Waals surface area contributed by atoms with Crippen LogP contribution in [0, 0.1) is 5.82 Å². The summed E-state index contributed by atoms with van der Waals surface area (Å²) in [5.74, 6) is 0.127. The number of hydrogen-bond acceptors (Lipinski definition) is 6. The second-order valence-electron chi connectivity index (χ2n) is 5.76. The molecule has 0 saturated carbocycles. The molecule has 1 aliphatic heterocycles. The van der Waals surface area contributed by atoms with Gasteiger partial charge >= 0.3 is 0 Å². The highest BCUT2D eigenvalue weighted by Crippen LogP contribution is 2.29. The number of piperazine rings is 1. The normalized spacial score (nSPS) is 13.6. The molecule has 10 heteroatoms. The number of ether oxygens (including phenoxy) is 1. The van der Waals surface area contributed by atoms with Crippen LogP contribution in [0.1, 0.15) is 15.5 Å². The fraction of sp³-hybridized carbons (Fsp3) is 0.412. The average molecular weight is 437 g/mol. The van der Waals surface area contributed by atoms with E-state index in [-0.39, 0.29) is 36.5 Å². The molecule has 0 atom stereocenters. The number of hydrogen-bond donors (Lipinski definition) is 1. The minimum atomic E-state index is -0.328. The van der Waals surface area contributed by atoms with Crippen LogP contribution in [-0.4, -0.2) is 55.6 Å². The summed E-state index contributed by atoms with van der Waals surface area (Å²) in [6.07, 6.45) is 0.691. The summed E-state index contributed by atoms with van der Waals surface area (Å²) in [5.41, 5.74) is 6.85. The van der Waals surface area contributed by atoms with E-state index in [4.69, 9.17) is 10.5 Å². The van der Waals surface area contributed by atoms with Crippen molar-refractivity contribution < 1.29 is 13.9 Å². The van der Waals surface area contributed by atoms with Gasteiger partial charge in [-0.15, -0.1) is 36.2 Å². The first-order valence-corrected chi connectivity index (χ1v) is 9.02. The van der Waals surface area contributed by atoms with E-state index in [2.05, 4.69) is 9.88 Å². The maximum absolute atomic E-state index is 13.3. The van der Waals surface area contributed by atoms with Crippen LogP contribution < -0.4 is 15.4 Å². The molecule has 1 amide bonds. The van der Waals surface area contributed by atoms with Crippen molar-refractivity contribution in [2.24, 2.45) is 5.73 Å². The summed E-state index contributed by atoms with van der Waals surface area (Å²) < 4.78 is 18.6. The van der Waals surface area contributed by atoms with Crippen LogP contribution in [0.3, 0.4) is 0 Å². The van der Waals surface area contributed by atoms with Crippen molar-refractivity contribution in [1.29, 1.82) is 0 Å². The highest BCUT2D eigenvalue weighted by atomic mass is 35.5. The van der Waals surface area contributed by atoms with Crippen LogP contribution in [0.2, 0.25) is 0 Å². The van der Waals surface area contributed by atoms with Gasteiger partial charge in [-0.3, -0.25) is 4.79 Å². The largest absolute Gasteiger partial charge is 0.494 e. The standard InChI is InChI=1S/C17H21FN4O2S.2ClH/c1-24-15-10-12(18)2-3-14(15)21-6-8-22(9-7-21)17(23)13-11-25-16(20-13)4-5-19;;/h2-3,10-11H,4-9,19H2,1H3;2*1H. The summed E-state index contributed by atoms with van der Waals surface area (Å²) >= 11 is 1.47. The lowest BCUT2D eigenvalue weighted by Gasteiger charge is -2.36. The molecule has 0 radical (unpaired) electrons. The zero-order valence-electron chi connectivity index (χ0n) is 14.9. The second-order valence-corrected chi connectivity index (χ2v) is 6.70. The molecule has 0 spiro atoms. The van der Waals surface area contributed by atoms with Gasteiger partial charge in [0, 0.05) is 44.0 Å². The minimum Gasteiger partial charge on any atom is -0.494 e. The van der Waals surface area contributed by atoms with Gasteiger partial charge in [0.2, 0.25) is 0 Å². The Morgan fingerprint density at radius 3 is 2.63 bits per heavy atom. The van der Waals surface area contributed by atoms with E-state index in [0.717, 1.165) is 10.7 Å². The Kier molecular flexibility index (Phi) is 9.25. The molecule has 150 valence electrons. The van der Waals surface area contributed by atoms with Crippen molar-refractivity contribution in [2.75, 3.05) is 44.7 Å². The van der Waals surface area contributed by atoms with Crippen molar-refractivity contribution in [3.63, 3.8) is 0 Å². The number of thiazole rings is 1. The Hall–Kier alpha value is -1.61. The number of benzene rings is 1. The number of anilines is 1. The number of carbonyl (C=O) groups is 1. The Labute approximate surface area is 174 Å². The molecule has 1 aliphatic rings. The fourth-order valence-corrected chi connectivity index (χ4v) is 3.66. The summed E-state index contributed by atoms with van der Waals surface area (Å²) in [6, 6.07) is 4.51. The molecule has 27 heavy (non-hydrogen) atoms. The Morgan fingerprint density at radius 1 is 1.30 bits per heavy atom. The van der Waals surface area contributed by atoms with Crippen LogP contribution in [0.4, 0.5) is 10.1 Å². The van der Waals surface area contributed by atoms with Gasteiger partial charge in [0.1, 0.15) is 17.3 Å². The number of nitrogens with zero attached hydrogens (tertiary/aromatic N) is 3. The molecule has 2 N–H and O–H groups in total. The lowest BCUT2D eigenvalue weighted by Crippen LogP contribution is -2.49. The Bertz CT molecular complexity index is 754. The summed E-state index contributed by atoms with van der Waals surface area (Å²) in [6.45, 7) is 3.02. The monoisotopic (exact) mass is 436 g/mol. The van der Waals surface area contributed by atoms with Crippen molar-refractivity contribution in [3.05, 3.63) is 40.1 Å². The SMILES string of the molecule is COc1cc(F)ccc1N1CCN(C(=O)c2csc(CCN)n2)CC1.Cl.Cl. The van der Waals surface area contributed by atoms with Gasteiger partial charge in [-0.2, -0.15) is 0 Å². The molecule has 1 aromatic heterocycles. The number of methoxy groups -OCH3 is 1. The molecular formula is C17H23Cl2FN4O2S. The third kappa shape index (κ3) is 5.44. The maximum atomic E-state index is 13.3. The van der Waals surface area contributed by atoms with E-state index in [9.17, 15) is 9.18 Å². The van der Waals surface area contributed by atoms with Crippen molar-refractivity contribution in [2.45, 2.75) is 6.42 Å². The van der Waals surface area contributed by atoms with E-state index < -0.39 is 0 Å². The Morgan fingerprint density at radius 2 is 2.00 bits per heavy atom. The van der Waals surface area contributed by atoms with Gasteiger partial charge in [-0.1, -0.05) is 0 Å². The molecular weight excluding hydrogens is 414 g/mol. The van der Waals surface area contributed by atoms with Crippen LogP contribution in [0.25, 0.3) is 0 Å². The fourth-order valence-electron chi connectivity index (χ4n) is 2.87. The highest BCUT2D eigenvalue weighted by Gasteiger charge is 2.25. The first kappa shape index (κ1) is 23.4. The number of carbonyl (C=O) groups excluding carboxylic acids is 1. The second kappa shape index (κ2) is 10.7. The number of rotatable bonds is 5. The lowest BCUT2D eigenvalue weighted by atomic mass is 10.2. The molecule has 1 saturated heterocycles. The average Bonchev–Trinajstić information content (AvgIpc) is 3.10. The topological polar surface area (TPSA) is 71.7 Å². The Balaban J connectivity index is 0.00000182. The third-order valence-corrected chi connectivity index (χ3v) is 5.09. The van der Waals surface area contributed by atoms with E-state index in [1.165, 1.54) is 30.6 Å². The highest BCUT2D eigenvalue weighted by molar-refractivity contribution is 7.09. The molecule has 0 aliphatic carbocycles. The summed E-state index contributed by atoms with van der Waals surface area (Å²) in [7, 11) is 1.53. The van der Waals surface area contributed by atoms with E-state index >= 15 is 0 Å². The van der Waals surface area contributed by atoms with E-state index in [0.29, 0.717) is 50.6 Å². The predicted octanol–water partition coefficient (Wildman–Crippen LogP) is 2.60. The minimum absolute atomic E-state index is 0. The first-order valence-electron chi connectivity index (χ1n) is 8.14. The van der Waals surface area contributed by atoms with Crippen LogP contribution in [-0.2, 0) is 6.42 Å². The maximum Gasteiger partial charge on any atom is 0.273 e. The lowest BCUT2D eigenvalue weighted by molar-refractivity contribution is 0.0741. The van der Waals surface area contributed by atoms with E-state index in [1.807, 2.05) is 0 Å². The van der Waals surface area contributed by atoms with Crippen LogP contribution in [0.5, 0.6) is 5.75 Å². The quantitative estimate of drug-likeness (QED) is 0.779. The molecule has 1 fully saturated rings. The van der Waals surface area contributed by atoms with Gasteiger partial charge in [-0.05, 0) is 18.7 Å². The zero-order chi connectivity index (χ0) is 17.8.